The number of halogens is 2. The molecule has 0 saturated heterocycles. The second kappa shape index (κ2) is 10.7. The van der Waals surface area contributed by atoms with Crippen LogP contribution in [0.25, 0.3) is 0 Å². The molecule has 0 spiro atoms. The molecule has 0 fully saturated rings. The maximum Gasteiger partial charge on any atom is 0.277 e. The molecule has 3 rings (SSSR count). The smallest absolute Gasteiger partial charge is 0.277 e. The molecule has 0 bridgehead atoms. The molecule has 2 amide bonds. The normalized spacial score (nSPS) is 11.6. The molecule has 1 aromatic heterocycles. The Bertz CT molecular complexity index is 1060. The largest absolute Gasteiger partial charge is 0.481 e. The van der Waals surface area contributed by atoms with Gasteiger partial charge >= 0.3 is 0 Å². The summed E-state index contributed by atoms with van der Waals surface area (Å²) in [7, 11) is 1.49. The van der Waals surface area contributed by atoms with Crippen molar-refractivity contribution >= 4 is 29.3 Å². The summed E-state index contributed by atoms with van der Waals surface area (Å²) < 4.78 is 37.0. The van der Waals surface area contributed by atoms with Gasteiger partial charge in [0.2, 0.25) is 11.8 Å². The number of rotatable bonds is 9. The standard InChI is InChI=1S/C21H20F2N4O4S/c1-13(30-17-9-5-15(23)6-10-17)20-25-26-21(31-20)32-12-19(29)27(2)11-18(28)24-16-7-3-14(22)4-8-16/h3-10,13H,11-12H2,1-2H3,(H,24,28). The molecule has 3 aromatic rings. The molecule has 32 heavy (non-hydrogen) atoms. The van der Waals surface area contributed by atoms with Crippen LogP contribution in [-0.2, 0) is 9.59 Å². The van der Waals surface area contributed by atoms with Crippen molar-refractivity contribution in [3.05, 3.63) is 66.1 Å². The molecule has 1 unspecified atom stereocenters. The van der Waals surface area contributed by atoms with Gasteiger partial charge in [0, 0.05) is 12.7 Å². The fourth-order valence-corrected chi connectivity index (χ4v) is 3.19. The van der Waals surface area contributed by atoms with Gasteiger partial charge in [0.05, 0.1) is 12.3 Å². The number of likely N-dealkylation sites (N-methyl/N-ethyl adjacent to an activating group) is 1. The van der Waals surface area contributed by atoms with Crippen molar-refractivity contribution in [3.8, 4) is 5.75 Å². The lowest BCUT2D eigenvalue weighted by atomic mass is 10.3. The van der Waals surface area contributed by atoms with Crippen molar-refractivity contribution in [3.63, 3.8) is 0 Å². The van der Waals surface area contributed by atoms with Gasteiger partial charge in [-0.15, -0.1) is 10.2 Å². The molecule has 0 saturated carbocycles. The summed E-state index contributed by atoms with van der Waals surface area (Å²) >= 11 is 1.03. The van der Waals surface area contributed by atoms with E-state index in [0.29, 0.717) is 11.4 Å². The number of thioether (sulfide) groups is 1. The molecule has 0 aliphatic rings. The van der Waals surface area contributed by atoms with Gasteiger partial charge in [0.25, 0.3) is 11.1 Å². The van der Waals surface area contributed by atoms with Gasteiger partial charge in [-0.05, 0) is 55.5 Å². The van der Waals surface area contributed by atoms with Gasteiger partial charge in [-0.2, -0.15) is 0 Å². The number of ether oxygens (including phenoxy) is 1. The van der Waals surface area contributed by atoms with Crippen molar-refractivity contribution in [1.82, 2.24) is 15.1 Å². The van der Waals surface area contributed by atoms with Gasteiger partial charge in [0.15, 0.2) is 6.10 Å². The first-order valence-electron chi connectivity index (χ1n) is 9.48. The van der Waals surface area contributed by atoms with Crippen LogP contribution in [0.5, 0.6) is 5.75 Å². The minimum absolute atomic E-state index is 0.0187. The third-order valence-corrected chi connectivity index (χ3v) is 4.95. The van der Waals surface area contributed by atoms with Gasteiger partial charge in [-0.25, -0.2) is 8.78 Å². The van der Waals surface area contributed by atoms with E-state index in [1.54, 1.807) is 6.92 Å². The molecule has 1 heterocycles. The highest BCUT2D eigenvalue weighted by Gasteiger charge is 2.19. The maximum absolute atomic E-state index is 13.0. The molecular formula is C21H20F2N4O4S. The van der Waals surface area contributed by atoms with Crippen LogP contribution in [0.3, 0.4) is 0 Å². The average Bonchev–Trinajstić information content (AvgIpc) is 3.24. The lowest BCUT2D eigenvalue weighted by Gasteiger charge is -2.16. The topological polar surface area (TPSA) is 97.6 Å². The fraction of sp³-hybridized carbons (Fsp3) is 0.238. The Kier molecular flexibility index (Phi) is 7.77. The lowest BCUT2D eigenvalue weighted by molar-refractivity contribution is -0.131. The molecule has 1 N–H and O–H groups in total. The number of hydrogen-bond acceptors (Lipinski definition) is 7. The Morgan fingerprint density at radius 1 is 1.09 bits per heavy atom. The van der Waals surface area contributed by atoms with E-state index in [-0.39, 0.29) is 35.1 Å². The summed E-state index contributed by atoms with van der Waals surface area (Å²) in [4.78, 5) is 25.6. The Labute approximate surface area is 187 Å². The summed E-state index contributed by atoms with van der Waals surface area (Å²) in [6, 6.07) is 10.8. The number of nitrogens with one attached hydrogen (secondary N) is 1. The maximum atomic E-state index is 13.0. The highest BCUT2D eigenvalue weighted by molar-refractivity contribution is 7.99. The van der Waals surface area contributed by atoms with Crippen molar-refractivity contribution < 1.29 is 27.5 Å². The molecule has 0 radical (unpaired) electrons. The summed E-state index contributed by atoms with van der Waals surface area (Å²) in [5.41, 5.74) is 0.432. The van der Waals surface area contributed by atoms with Gasteiger partial charge in [-0.1, -0.05) is 11.8 Å². The van der Waals surface area contributed by atoms with Crippen molar-refractivity contribution in [1.29, 1.82) is 0 Å². The van der Waals surface area contributed by atoms with Gasteiger partial charge < -0.3 is 19.4 Å². The number of benzene rings is 2. The van der Waals surface area contributed by atoms with Crippen LogP contribution in [0.15, 0.2) is 58.2 Å². The predicted octanol–water partition coefficient (Wildman–Crippen LogP) is 3.68. The second-order valence-corrected chi connectivity index (χ2v) is 7.64. The highest BCUT2D eigenvalue weighted by Crippen LogP contribution is 2.24. The van der Waals surface area contributed by atoms with Crippen LogP contribution < -0.4 is 10.1 Å². The minimum atomic E-state index is -0.573. The van der Waals surface area contributed by atoms with E-state index in [1.165, 1.54) is 60.5 Å². The zero-order valence-corrected chi connectivity index (χ0v) is 18.1. The van der Waals surface area contributed by atoms with E-state index in [4.69, 9.17) is 9.15 Å². The van der Waals surface area contributed by atoms with Crippen LogP contribution in [0.4, 0.5) is 14.5 Å². The first-order valence-corrected chi connectivity index (χ1v) is 10.5. The Morgan fingerprint density at radius 3 is 2.38 bits per heavy atom. The van der Waals surface area contributed by atoms with E-state index in [2.05, 4.69) is 15.5 Å². The fourth-order valence-electron chi connectivity index (χ4n) is 2.48. The first kappa shape index (κ1) is 23.2. The van der Waals surface area contributed by atoms with Crippen LogP contribution in [0, 0.1) is 11.6 Å². The van der Waals surface area contributed by atoms with E-state index in [9.17, 15) is 18.4 Å². The quantitative estimate of drug-likeness (QED) is 0.485. The first-order chi connectivity index (χ1) is 15.3. The molecule has 0 aliphatic carbocycles. The Balaban J connectivity index is 1.44. The molecule has 8 nitrogen and oxygen atoms in total. The summed E-state index contributed by atoms with van der Waals surface area (Å²) in [5, 5.41) is 10.5. The number of hydrogen-bond donors (Lipinski definition) is 1. The molecule has 168 valence electrons. The van der Waals surface area contributed by atoms with Gasteiger partial charge in [0.1, 0.15) is 17.4 Å². The van der Waals surface area contributed by atoms with Gasteiger partial charge in [-0.3, -0.25) is 9.59 Å². The molecule has 0 aliphatic heterocycles. The number of carbonyl (C=O) groups excluding carboxylic acids is 2. The monoisotopic (exact) mass is 462 g/mol. The van der Waals surface area contributed by atoms with Crippen LogP contribution in [-0.4, -0.2) is 46.3 Å². The predicted molar refractivity (Wildman–Crippen MR) is 113 cm³/mol. The number of aromatic nitrogens is 2. The Morgan fingerprint density at radius 2 is 1.72 bits per heavy atom. The van der Waals surface area contributed by atoms with E-state index in [0.717, 1.165) is 11.8 Å². The summed E-state index contributed by atoms with van der Waals surface area (Å²) in [6.45, 7) is 1.53. The highest BCUT2D eigenvalue weighted by atomic mass is 32.2. The SMILES string of the molecule is CC(Oc1ccc(F)cc1)c1nnc(SCC(=O)N(C)CC(=O)Nc2ccc(F)cc2)o1. The number of nitrogens with zero attached hydrogens (tertiary/aromatic N) is 3. The molecule has 2 aromatic carbocycles. The lowest BCUT2D eigenvalue weighted by Crippen LogP contribution is -2.35. The van der Waals surface area contributed by atoms with E-state index >= 15 is 0 Å². The Hall–Kier alpha value is -3.47. The minimum Gasteiger partial charge on any atom is -0.481 e. The van der Waals surface area contributed by atoms with E-state index < -0.39 is 17.8 Å². The average molecular weight is 462 g/mol. The van der Waals surface area contributed by atoms with E-state index in [1.807, 2.05) is 0 Å². The number of amides is 2. The van der Waals surface area contributed by atoms with Crippen LogP contribution in [0.1, 0.15) is 18.9 Å². The zero-order chi connectivity index (χ0) is 23.1. The van der Waals surface area contributed by atoms with Crippen LogP contribution in [0.2, 0.25) is 0 Å². The number of carbonyl (C=O) groups is 2. The third-order valence-electron chi connectivity index (χ3n) is 4.15. The summed E-state index contributed by atoms with van der Waals surface area (Å²) in [6.07, 6.45) is -0.573. The van der Waals surface area contributed by atoms with Crippen molar-refractivity contribution in [2.75, 3.05) is 24.7 Å². The third kappa shape index (κ3) is 6.77. The molecular weight excluding hydrogens is 442 g/mol. The summed E-state index contributed by atoms with van der Waals surface area (Å²) in [5.74, 6) is -0.881. The van der Waals surface area contributed by atoms with Crippen LogP contribution >= 0.6 is 11.8 Å². The molecule has 11 heteroatoms. The second-order valence-electron chi connectivity index (χ2n) is 6.71. The van der Waals surface area contributed by atoms with Crippen molar-refractivity contribution in [2.24, 2.45) is 0 Å². The molecule has 1 atom stereocenters. The zero-order valence-electron chi connectivity index (χ0n) is 17.2. The number of anilines is 1. The van der Waals surface area contributed by atoms with Crippen molar-refractivity contribution in [2.45, 2.75) is 18.3 Å².